The Balaban J connectivity index is 2.08. The highest BCUT2D eigenvalue weighted by atomic mass is 32.2. The fourth-order valence-electron chi connectivity index (χ4n) is 1.94. The number of amides is 1. The van der Waals surface area contributed by atoms with Gasteiger partial charge in [0.25, 0.3) is 0 Å². The van der Waals surface area contributed by atoms with Gasteiger partial charge in [0.15, 0.2) is 0 Å². The predicted octanol–water partition coefficient (Wildman–Crippen LogP) is 1.35. The summed E-state index contributed by atoms with van der Waals surface area (Å²) in [5.74, 6) is -1.03. The topological polar surface area (TPSA) is 54.5 Å². The van der Waals surface area contributed by atoms with Crippen LogP contribution in [0.1, 0.15) is 17.9 Å². The van der Waals surface area contributed by atoms with Crippen LogP contribution in [0.15, 0.2) is 24.3 Å². The van der Waals surface area contributed by atoms with Gasteiger partial charge in [-0.1, -0.05) is 12.1 Å². The summed E-state index contributed by atoms with van der Waals surface area (Å²) in [6.07, 6.45) is 1.62. The van der Waals surface area contributed by atoms with Crippen LogP contribution in [0.3, 0.4) is 0 Å². The van der Waals surface area contributed by atoms with Gasteiger partial charge in [0, 0.05) is 13.0 Å². The Labute approximate surface area is 105 Å². The molecule has 0 radical (unpaired) electrons. The first-order chi connectivity index (χ1) is 8.30. The first kappa shape index (κ1) is 13.0. The number of carbonyl (C=O) groups is 1. The number of nitrogens with zero attached hydrogens (tertiary/aromatic N) is 1. The van der Waals surface area contributed by atoms with E-state index in [0.29, 0.717) is 6.42 Å². The normalized spacial score (nSPS) is 22.6. The average Bonchev–Trinajstić information content (AvgIpc) is 3.07. The van der Waals surface area contributed by atoms with Crippen molar-refractivity contribution in [1.82, 2.24) is 4.31 Å². The van der Waals surface area contributed by atoms with E-state index in [9.17, 15) is 17.6 Å². The molecule has 2 unspecified atom stereocenters. The summed E-state index contributed by atoms with van der Waals surface area (Å²) >= 11 is 0. The van der Waals surface area contributed by atoms with Gasteiger partial charge in [0.05, 0.1) is 6.26 Å². The van der Waals surface area contributed by atoms with Crippen molar-refractivity contribution in [1.29, 1.82) is 0 Å². The number of rotatable bonds is 3. The van der Waals surface area contributed by atoms with E-state index < -0.39 is 15.9 Å². The van der Waals surface area contributed by atoms with Crippen LogP contribution in [0.4, 0.5) is 4.39 Å². The molecule has 2 rings (SSSR count). The zero-order valence-corrected chi connectivity index (χ0v) is 10.9. The van der Waals surface area contributed by atoms with E-state index in [2.05, 4.69) is 0 Å². The monoisotopic (exact) mass is 271 g/mol. The van der Waals surface area contributed by atoms with Gasteiger partial charge < -0.3 is 0 Å². The summed E-state index contributed by atoms with van der Waals surface area (Å²) < 4.78 is 36.0. The molecule has 6 heteroatoms. The van der Waals surface area contributed by atoms with Gasteiger partial charge in [-0.15, -0.1) is 0 Å². The summed E-state index contributed by atoms with van der Waals surface area (Å²) in [6, 6.07) is 5.95. The molecule has 0 aliphatic heterocycles. The minimum absolute atomic E-state index is 0.00213. The Kier molecular flexibility index (Phi) is 3.14. The average molecular weight is 271 g/mol. The van der Waals surface area contributed by atoms with Crippen molar-refractivity contribution in [2.45, 2.75) is 12.3 Å². The van der Waals surface area contributed by atoms with E-state index in [0.717, 1.165) is 16.1 Å². The Bertz CT molecular complexity index is 567. The highest BCUT2D eigenvalue weighted by Crippen LogP contribution is 2.48. The van der Waals surface area contributed by atoms with Gasteiger partial charge in [-0.05, 0) is 30.0 Å². The van der Waals surface area contributed by atoms with E-state index in [4.69, 9.17) is 0 Å². The standard InChI is InChI=1S/C12H14FNO3S/c1-14(18(2,16)17)12(15)11-7-10(11)8-3-5-9(13)6-4-8/h3-6,10-11H,7H2,1-2H3. The maximum Gasteiger partial charge on any atom is 0.239 e. The highest BCUT2D eigenvalue weighted by Gasteiger charge is 2.46. The van der Waals surface area contributed by atoms with E-state index >= 15 is 0 Å². The number of carbonyl (C=O) groups excluding carboxylic acids is 1. The Hall–Kier alpha value is -1.43. The number of hydrogen-bond acceptors (Lipinski definition) is 3. The lowest BCUT2D eigenvalue weighted by Gasteiger charge is -2.14. The Morgan fingerprint density at radius 3 is 2.39 bits per heavy atom. The van der Waals surface area contributed by atoms with E-state index in [1.165, 1.54) is 19.2 Å². The number of sulfonamides is 1. The van der Waals surface area contributed by atoms with Crippen molar-refractivity contribution in [2.24, 2.45) is 5.92 Å². The summed E-state index contributed by atoms with van der Waals surface area (Å²) in [5, 5.41) is 0. The molecule has 0 spiro atoms. The summed E-state index contributed by atoms with van der Waals surface area (Å²) in [5.41, 5.74) is 0.872. The third-order valence-electron chi connectivity index (χ3n) is 3.21. The highest BCUT2D eigenvalue weighted by molar-refractivity contribution is 7.88. The van der Waals surface area contributed by atoms with Gasteiger partial charge in [-0.3, -0.25) is 4.79 Å². The van der Waals surface area contributed by atoms with Crippen LogP contribution in [0, 0.1) is 11.7 Å². The molecule has 1 aliphatic carbocycles. The fraction of sp³-hybridized carbons (Fsp3) is 0.417. The second-order valence-corrected chi connectivity index (χ2v) is 6.58. The number of halogens is 1. The molecule has 98 valence electrons. The number of hydrogen-bond donors (Lipinski definition) is 0. The van der Waals surface area contributed by atoms with Crippen molar-refractivity contribution >= 4 is 15.9 Å². The lowest BCUT2D eigenvalue weighted by molar-refractivity contribution is -0.127. The molecule has 1 aromatic rings. The molecular formula is C12H14FNO3S. The van der Waals surface area contributed by atoms with E-state index in [-0.39, 0.29) is 17.7 Å². The molecule has 1 amide bonds. The smallest absolute Gasteiger partial charge is 0.239 e. The van der Waals surface area contributed by atoms with Crippen molar-refractivity contribution < 1.29 is 17.6 Å². The molecule has 1 aromatic carbocycles. The van der Waals surface area contributed by atoms with E-state index in [1.54, 1.807) is 12.1 Å². The first-order valence-electron chi connectivity index (χ1n) is 5.54. The molecule has 1 fully saturated rings. The van der Waals surface area contributed by atoms with Crippen molar-refractivity contribution in [3.63, 3.8) is 0 Å². The Morgan fingerprint density at radius 2 is 1.89 bits per heavy atom. The lowest BCUT2D eigenvalue weighted by Crippen LogP contribution is -2.33. The minimum atomic E-state index is -3.50. The van der Waals surface area contributed by atoms with Crippen LogP contribution in [0.5, 0.6) is 0 Å². The Morgan fingerprint density at radius 1 is 1.33 bits per heavy atom. The molecule has 1 aliphatic rings. The zero-order valence-electron chi connectivity index (χ0n) is 10.1. The van der Waals surface area contributed by atoms with Gasteiger partial charge in [0.2, 0.25) is 15.9 Å². The van der Waals surface area contributed by atoms with Gasteiger partial charge in [-0.25, -0.2) is 17.1 Å². The molecule has 0 N–H and O–H groups in total. The third kappa shape index (κ3) is 2.53. The second-order valence-electron chi connectivity index (χ2n) is 4.57. The molecule has 2 atom stereocenters. The summed E-state index contributed by atoms with van der Waals surface area (Å²) in [7, 11) is -2.23. The van der Waals surface area contributed by atoms with Gasteiger partial charge in [0.1, 0.15) is 5.82 Å². The van der Waals surface area contributed by atoms with Crippen LogP contribution in [0.2, 0.25) is 0 Å². The molecule has 0 heterocycles. The second kappa shape index (κ2) is 4.35. The molecule has 4 nitrogen and oxygen atoms in total. The maximum absolute atomic E-state index is 12.8. The van der Waals surface area contributed by atoms with Crippen molar-refractivity contribution in [3.05, 3.63) is 35.6 Å². The first-order valence-corrected chi connectivity index (χ1v) is 7.38. The third-order valence-corrected chi connectivity index (χ3v) is 4.39. The molecular weight excluding hydrogens is 257 g/mol. The summed E-state index contributed by atoms with van der Waals surface area (Å²) in [6.45, 7) is 0. The van der Waals surface area contributed by atoms with Crippen LogP contribution in [-0.4, -0.2) is 31.9 Å². The molecule has 0 saturated heterocycles. The minimum Gasteiger partial charge on any atom is -0.273 e. The van der Waals surface area contributed by atoms with E-state index in [1.807, 2.05) is 0 Å². The quantitative estimate of drug-likeness (QED) is 0.833. The lowest BCUT2D eigenvalue weighted by atomic mass is 10.1. The summed E-state index contributed by atoms with van der Waals surface area (Å²) in [4.78, 5) is 11.9. The maximum atomic E-state index is 12.8. The zero-order chi connectivity index (χ0) is 13.5. The predicted molar refractivity (Wildman–Crippen MR) is 64.9 cm³/mol. The largest absolute Gasteiger partial charge is 0.273 e. The SMILES string of the molecule is CN(C(=O)C1CC1c1ccc(F)cc1)S(C)(=O)=O. The van der Waals surface area contributed by atoms with Crippen molar-refractivity contribution in [3.8, 4) is 0 Å². The van der Waals surface area contributed by atoms with Crippen LogP contribution >= 0.6 is 0 Å². The van der Waals surface area contributed by atoms with Crippen LogP contribution < -0.4 is 0 Å². The van der Waals surface area contributed by atoms with Crippen LogP contribution in [-0.2, 0) is 14.8 Å². The fourth-order valence-corrected chi connectivity index (χ4v) is 2.41. The molecule has 0 bridgehead atoms. The molecule has 0 aromatic heterocycles. The number of benzene rings is 1. The van der Waals surface area contributed by atoms with Gasteiger partial charge in [-0.2, -0.15) is 0 Å². The van der Waals surface area contributed by atoms with Crippen LogP contribution in [0.25, 0.3) is 0 Å². The van der Waals surface area contributed by atoms with Crippen molar-refractivity contribution in [2.75, 3.05) is 13.3 Å². The van der Waals surface area contributed by atoms with Gasteiger partial charge >= 0.3 is 0 Å². The molecule has 18 heavy (non-hydrogen) atoms. The molecule has 1 saturated carbocycles.